The van der Waals surface area contributed by atoms with Crippen LogP contribution in [0.15, 0.2) is 28.1 Å². The lowest BCUT2D eigenvalue weighted by Crippen LogP contribution is -2.43. The molecule has 1 aromatic heterocycles. The van der Waals surface area contributed by atoms with Crippen molar-refractivity contribution in [3.63, 3.8) is 0 Å². The van der Waals surface area contributed by atoms with Crippen molar-refractivity contribution in [1.29, 1.82) is 5.26 Å². The fourth-order valence-corrected chi connectivity index (χ4v) is 4.37. The van der Waals surface area contributed by atoms with Crippen molar-refractivity contribution >= 4 is 33.5 Å². The van der Waals surface area contributed by atoms with Crippen molar-refractivity contribution in [2.75, 3.05) is 12.4 Å². The van der Waals surface area contributed by atoms with Gasteiger partial charge in [-0.1, -0.05) is 22.0 Å². The van der Waals surface area contributed by atoms with Gasteiger partial charge in [0.05, 0.1) is 24.8 Å². The van der Waals surface area contributed by atoms with Crippen molar-refractivity contribution in [2.45, 2.75) is 18.8 Å². The number of aromatic nitrogens is 2. The Morgan fingerprint density at radius 2 is 2.21 bits per heavy atom. The Balaban J connectivity index is 2.12. The summed E-state index contributed by atoms with van der Waals surface area (Å²) in [6.45, 7) is 1.87. The Hall–Kier alpha value is -3.32. The number of fused-ring (bicyclic) bond motifs is 4. The van der Waals surface area contributed by atoms with Crippen molar-refractivity contribution in [3.05, 3.63) is 50.4 Å². The molecule has 1 atom stereocenters. The van der Waals surface area contributed by atoms with Crippen LogP contribution in [0.4, 0.5) is 5.69 Å². The Morgan fingerprint density at radius 1 is 1.46 bits per heavy atom. The van der Waals surface area contributed by atoms with Crippen molar-refractivity contribution in [2.24, 2.45) is 5.73 Å². The topological polar surface area (TPSA) is 143 Å². The highest BCUT2D eigenvalue weighted by atomic mass is 79.9. The molecule has 9 nitrogen and oxygen atoms in total. The first-order valence-corrected chi connectivity index (χ1v) is 8.99. The summed E-state index contributed by atoms with van der Waals surface area (Å²) < 4.78 is 10.9. The molecule has 0 radical (unpaired) electrons. The number of carbonyl (C=O) groups excluding carboxylic acids is 2. The number of nitrogens with one attached hydrogen (secondary N) is 2. The molecule has 0 fully saturated rings. The number of anilines is 1. The summed E-state index contributed by atoms with van der Waals surface area (Å²) in [7, 11) is 1.26. The predicted molar refractivity (Wildman–Crippen MR) is 100 cm³/mol. The van der Waals surface area contributed by atoms with Crippen LogP contribution in [0, 0.1) is 18.3 Å². The summed E-state index contributed by atoms with van der Waals surface area (Å²) in [5, 5.41) is 19.5. The zero-order valence-corrected chi connectivity index (χ0v) is 16.4. The Morgan fingerprint density at radius 3 is 2.89 bits per heavy atom. The molecule has 0 saturated carbocycles. The van der Waals surface area contributed by atoms with Gasteiger partial charge >= 0.3 is 5.97 Å². The van der Waals surface area contributed by atoms with Gasteiger partial charge in [-0.15, -0.1) is 5.10 Å². The fourth-order valence-electron chi connectivity index (χ4n) is 3.73. The van der Waals surface area contributed by atoms with Crippen LogP contribution in [-0.2, 0) is 26.2 Å². The summed E-state index contributed by atoms with van der Waals surface area (Å²) in [6, 6.07) is 5.61. The number of esters is 1. The van der Waals surface area contributed by atoms with Crippen LogP contribution in [-0.4, -0.2) is 29.2 Å². The number of halogens is 1. The van der Waals surface area contributed by atoms with Crippen molar-refractivity contribution < 1.29 is 19.1 Å². The number of carbonyl (C=O) groups is 2. The molecular weight excluding hydrogens is 430 g/mol. The zero-order chi connectivity index (χ0) is 20.2. The van der Waals surface area contributed by atoms with E-state index in [0.29, 0.717) is 21.4 Å². The number of nitrogens with zero attached hydrogens (tertiary/aromatic N) is 2. The van der Waals surface area contributed by atoms with Gasteiger partial charge in [0.15, 0.2) is 0 Å². The standard InChI is InChI=1S/C18H14BrN5O4/c1-7-3-4-9-12(14(7)19)18(17(26)22-9)8(6-20)15(21)28-16-13(18)10(23-24-16)5-11(25)27-2/h3-4H,5,21H2,1-2H3,(H,22,26)(H,23,24)/t18-/m1/s1. The third-order valence-electron chi connectivity index (χ3n) is 4.97. The second-order valence-corrected chi connectivity index (χ2v) is 7.20. The summed E-state index contributed by atoms with van der Waals surface area (Å²) in [6.07, 6.45) is -0.186. The number of methoxy groups -OCH3 is 1. The molecule has 3 heterocycles. The number of aromatic amines is 1. The van der Waals surface area contributed by atoms with Gasteiger partial charge in [0, 0.05) is 15.7 Å². The second-order valence-electron chi connectivity index (χ2n) is 6.41. The van der Waals surface area contributed by atoms with E-state index in [1.165, 1.54) is 7.11 Å². The molecule has 28 heavy (non-hydrogen) atoms. The largest absolute Gasteiger partial charge is 0.469 e. The van der Waals surface area contributed by atoms with Gasteiger partial charge in [-0.25, -0.2) is 0 Å². The number of aryl methyl sites for hydroxylation is 1. The molecule has 1 amide bonds. The summed E-state index contributed by atoms with van der Waals surface area (Å²) in [5.74, 6) is -1.20. The molecule has 1 spiro atoms. The molecule has 2 aliphatic heterocycles. The van der Waals surface area contributed by atoms with E-state index >= 15 is 0 Å². The molecular formula is C18H14BrN5O4. The van der Waals surface area contributed by atoms with Crippen LogP contribution in [0.2, 0.25) is 0 Å². The summed E-state index contributed by atoms with van der Waals surface area (Å²) >= 11 is 3.55. The first-order chi connectivity index (χ1) is 13.4. The predicted octanol–water partition coefficient (Wildman–Crippen LogP) is 1.52. The SMILES string of the molecule is COC(=O)Cc1[nH]nc2c1[C@@]1(C(=O)Nc3ccc(C)c(Br)c31)C(C#N)=C(N)O2. The van der Waals surface area contributed by atoms with Gasteiger partial charge in [-0.2, -0.15) is 5.26 Å². The maximum absolute atomic E-state index is 13.4. The smallest absolute Gasteiger partial charge is 0.311 e. The Bertz CT molecular complexity index is 1130. The molecule has 1 aromatic carbocycles. The maximum Gasteiger partial charge on any atom is 0.311 e. The normalized spacial score (nSPS) is 19.6. The fraction of sp³-hybridized carbons (Fsp3) is 0.222. The molecule has 10 heteroatoms. The molecule has 0 bridgehead atoms. The van der Waals surface area contributed by atoms with E-state index in [0.717, 1.165) is 5.56 Å². The third-order valence-corrected chi connectivity index (χ3v) is 5.99. The number of hydrogen-bond acceptors (Lipinski definition) is 7. The van der Waals surface area contributed by atoms with Gasteiger partial charge in [0.2, 0.25) is 17.7 Å². The zero-order valence-electron chi connectivity index (χ0n) is 14.8. The van der Waals surface area contributed by atoms with E-state index in [9.17, 15) is 14.9 Å². The summed E-state index contributed by atoms with van der Waals surface area (Å²) in [5.41, 5.74) is 6.80. The molecule has 4 N–H and O–H groups in total. The number of amides is 1. The minimum atomic E-state index is -1.61. The van der Waals surface area contributed by atoms with Crippen molar-refractivity contribution in [1.82, 2.24) is 10.2 Å². The number of nitriles is 1. The number of ether oxygens (including phenoxy) is 2. The minimum absolute atomic E-state index is 0.0341. The number of benzene rings is 1. The van der Waals surface area contributed by atoms with E-state index < -0.39 is 17.3 Å². The highest BCUT2D eigenvalue weighted by Crippen LogP contribution is 2.56. The molecule has 0 saturated heterocycles. The van der Waals surface area contributed by atoms with Crippen molar-refractivity contribution in [3.8, 4) is 11.9 Å². The number of nitrogens with two attached hydrogens (primary N) is 1. The highest BCUT2D eigenvalue weighted by Gasteiger charge is 2.59. The second kappa shape index (κ2) is 6.10. The number of rotatable bonds is 2. The van der Waals surface area contributed by atoms with Crippen LogP contribution < -0.4 is 15.8 Å². The third kappa shape index (κ3) is 2.13. The molecule has 2 aromatic rings. The van der Waals surface area contributed by atoms with Gasteiger partial charge < -0.3 is 20.5 Å². The van der Waals surface area contributed by atoms with Crippen LogP contribution in [0.5, 0.6) is 5.88 Å². The average Bonchev–Trinajstić information content (AvgIpc) is 3.18. The van der Waals surface area contributed by atoms with Gasteiger partial charge in [0.25, 0.3) is 0 Å². The minimum Gasteiger partial charge on any atom is -0.469 e. The number of hydrogen-bond donors (Lipinski definition) is 3. The average molecular weight is 444 g/mol. The van der Waals surface area contributed by atoms with E-state index in [-0.39, 0.29) is 29.3 Å². The lowest BCUT2D eigenvalue weighted by Gasteiger charge is -2.32. The monoisotopic (exact) mass is 443 g/mol. The van der Waals surface area contributed by atoms with Crippen LogP contribution >= 0.6 is 15.9 Å². The van der Waals surface area contributed by atoms with E-state index in [4.69, 9.17) is 15.2 Å². The number of H-pyrrole nitrogens is 1. The first-order valence-electron chi connectivity index (χ1n) is 8.20. The molecule has 0 unspecified atom stereocenters. The van der Waals surface area contributed by atoms with Gasteiger partial charge in [0.1, 0.15) is 17.1 Å². The van der Waals surface area contributed by atoms with E-state index in [1.807, 2.05) is 19.1 Å². The van der Waals surface area contributed by atoms with E-state index in [1.54, 1.807) is 6.07 Å². The van der Waals surface area contributed by atoms with Crippen LogP contribution in [0.1, 0.15) is 22.4 Å². The lowest BCUT2D eigenvalue weighted by atomic mass is 9.68. The summed E-state index contributed by atoms with van der Waals surface area (Å²) in [4.78, 5) is 25.3. The quantitative estimate of drug-likeness (QED) is 0.596. The molecule has 0 aliphatic carbocycles. The van der Waals surface area contributed by atoms with Gasteiger partial charge in [-0.3, -0.25) is 14.7 Å². The highest BCUT2D eigenvalue weighted by molar-refractivity contribution is 9.10. The Labute approximate surface area is 167 Å². The van der Waals surface area contributed by atoms with E-state index in [2.05, 4.69) is 31.4 Å². The molecule has 4 rings (SSSR count). The van der Waals surface area contributed by atoms with Gasteiger partial charge in [-0.05, 0) is 18.6 Å². The lowest BCUT2D eigenvalue weighted by molar-refractivity contribution is -0.139. The first kappa shape index (κ1) is 18.1. The van der Waals surface area contributed by atoms with Crippen LogP contribution in [0.3, 0.4) is 0 Å². The van der Waals surface area contributed by atoms with Crippen LogP contribution in [0.25, 0.3) is 0 Å². The maximum atomic E-state index is 13.4. The Kier molecular flexibility index (Phi) is 3.94. The molecule has 142 valence electrons. The molecule has 2 aliphatic rings.